The van der Waals surface area contributed by atoms with Crippen LogP contribution in [0.5, 0.6) is 0 Å². The lowest BCUT2D eigenvalue weighted by molar-refractivity contribution is 0.0725. The third-order valence-corrected chi connectivity index (χ3v) is 5.76. The highest BCUT2D eigenvalue weighted by Crippen LogP contribution is 2.39. The molecule has 1 heterocycles. The first-order valence-electron chi connectivity index (χ1n) is 8.89. The van der Waals surface area contributed by atoms with Gasteiger partial charge in [-0.3, -0.25) is 4.79 Å². The highest BCUT2D eigenvalue weighted by Gasteiger charge is 2.40. The van der Waals surface area contributed by atoms with Gasteiger partial charge in [-0.05, 0) is 49.7 Å². The molecule has 3 N–H and O–H groups in total. The fraction of sp³-hybridized carbons (Fsp3) is 0.474. The largest absolute Gasteiger partial charge is 0.350 e. The zero-order chi connectivity index (χ0) is 17.4. The van der Waals surface area contributed by atoms with Crippen molar-refractivity contribution < 1.29 is 9.32 Å². The predicted molar refractivity (Wildman–Crippen MR) is 103 cm³/mol. The van der Waals surface area contributed by atoms with Crippen molar-refractivity contribution in [1.29, 1.82) is 0 Å². The molecule has 2 atom stereocenters. The third kappa shape index (κ3) is 3.90. The smallest absolute Gasteiger partial charge is 0.290 e. The van der Waals surface area contributed by atoms with Gasteiger partial charge in [-0.1, -0.05) is 35.3 Å². The van der Waals surface area contributed by atoms with Gasteiger partial charge in [0.1, 0.15) is 5.69 Å². The highest BCUT2D eigenvalue weighted by atomic mass is 35.5. The maximum absolute atomic E-state index is 12.6. The molecule has 26 heavy (non-hydrogen) atoms. The molecule has 1 aromatic carbocycles. The zero-order valence-corrected chi connectivity index (χ0v) is 15.9. The van der Waals surface area contributed by atoms with Crippen LogP contribution in [0.2, 0.25) is 5.02 Å². The SMILES string of the molecule is Cl.NC1CC2CCCC(C1)C2NC(=O)c1cc(-c2cccc(Cl)c2)no1. The van der Waals surface area contributed by atoms with E-state index in [0.717, 1.165) is 31.2 Å². The summed E-state index contributed by atoms with van der Waals surface area (Å²) in [5.41, 5.74) is 7.60. The van der Waals surface area contributed by atoms with Gasteiger partial charge in [0.05, 0.1) is 0 Å². The summed E-state index contributed by atoms with van der Waals surface area (Å²) >= 11 is 6.01. The Morgan fingerprint density at radius 2 is 1.96 bits per heavy atom. The lowest BCUT2D eigenvalue weighted by Gasteiger charge is -2.45. The van der Waals surface area contributed by atoms with Gasteiger partial charge < -0.3 is 15.6 Å². The summed E-state index contributed by atoms with van der Waals surface area (Å²) in [6, 6.07) is 9.46. The lowest BCUT2D eigenvalue weighted by Crippen LogP contribution is -2.53. The molecule has 0 aliphatic heterocycles. The predicted octanol–water partition coefficient (Wildman–Crippen LogP) is 4.05. The first kappa shape index (κ1) is 19.2. The van der Waals surface area contributed by atoms with Crippen molar-refractivity contribution >= 4 is 29.9 Å². The van der Waals surface area contributed by atoms with E-state index in [0.29, 0.717) is 22.6 Å². The van der Waals surface area contributed by atoms with Crippen LogP contribution in [0.1, 0.15) is 42.7 Å². The van der Waals surface area contributed by atoms with E-state index in [-0.39, 0.29) is 36.2 Å². The van der Waals surface area contributed by atoms with Crippen molar-refractivity contribution in [2.75, 3.05) is 0 Å². The minimum Gasteiger partial charge on any atom is -0.350 e. The molecular weight excluding hydrogens is 373 g/mol. The summed E-state index contributed by atoms with van der Waals surface area (Å²) in [6.07, 6.45) is 5.49. The molecule has 5 nitrogen and oxygen atoms in total. The number of hydrogen-bond acceptors (Lipinski definition) is 4. The molecule has 2 unspecified atom stereocenters. The Kier molecular flexibility index (Phi) is 5.90. The number of rotatable bonds is 3. The van der Waals surface area contributed by atoms with E-state index >= 15 is 0 Å². The summed E-state index contributed by atoms with van der Waals surface area (Å²) in [4.78, 5) is 12.6. The number of amides is 1. The third-order valence-electron chi connectivity index (χ3n) is 5.53. The van der Waals surface area contributed by atoms with E-state index in [1.807, 2.05) is 12.1 Å². The Balaban J connectivity index is 0.00000196. The molecule has 2 saturated carbocycles. The van der Waals surface area contributed by atoms with Crippen LogP contribution in [0.3, 0.4) is 0 Å². The molecule has 4 rings (SSSR count). The summed E-state index contributed by atoms with van der Waals surface area (Å²) in [6.45, 7) is 0. The number of benzene rings is 1. The Labute approximate surface area is 164 Å². The molecule has 2 aliphatic carbocycles. The van der Waals surface area contributed by atoms with Gasteiger partial charge in [0.25, 0.3) is 5.91 Å². The van der Waals surface area contributed by atoms with Crippen LogP contribution in [-0.4, -0.2) is 23.1 Å². The molecule has 1 amide bonds. The maximum atomic E-state index is 12.6. The van der Waals surface area contributed by atoms with E-state index < -0.39 is 0 Å². The van der Waals surface area contributed by atoms with Crippen molar-refractivity contribution in [2.24, 2.45) is 17.6 Å². The van der Waals surface area contributed by atoms with Crippen LogP contribution >= 0.6 is 24.0 Å². The van der Waals surface area contributed by atoms with Crippen LogP contribution in [-0.2, 0) is 0 Å². The van der Waals surface area contributed by atoms with Crippen molar-refractivity contribution in [2.45, 2.75) is 44.2 Å². The van der Waals surface area contributed by atoms with E-state index in [4.69, 9.17) is 21.9 Å². The number of nitrogens with one attached hydrogen (secondary N) is 1. The summed E-state index contributed by atoms with van der Waals surface area (Å²) in [5.74, 6) is 0.990. The van der Waals surface area contributed by atoms with Crippen molar-refractivity contribution in [3.8, 4) is 11.3 Å². The van der Waals surface area contributed by atoms with Gasteiger partial charge in [0, 0.05) is 28.7 Å². The van der Waals surface area contributed by atoms with Gasteiger partial charge in [-0.25, -0.2) is 0 Å². The zero-order valence-electron chi connectivity index (χ0n) is 14.4. The summed E-state index contributed by atoms with van der Waals surface area (Å²) in [5, 5.41) is 7.81. The minimum absolute atomic E-state index is 0. The fourth-order valence-corrected chi connectivity index (χ4v) is 4.60. The van der Waals surface area contributed by atoms with Gasteiger partial charge in [0.2, 0.25) is 5.76 Å². The monoisotopic (exact) mass is 395 g/mol. The Morgan fingerprint density at radius 1 is 1.23 bits per heavy atom. The summed E-state index contributed by atoms with van der Waals surface area (Å²) < 4.78 is 5.28. The fourth-order valence-electron chi connectivity index (χ4n) is 4.41. The highest BCUT2D eigenvalue weighted by molar-refractivity contribution is 6.30. The molecule has 0 radical (unpaired) electrons. The number of nitrogens with two attached hydrogens (primary N) is 1. The molecule has 2 fully saturated rings. The van der Waals surface area contributed by atoms with Crippen molar-refractivity contribution in [1.82, 2.24) is 10.5 Å². The molecule has 2 aliphatic rings. The van der Waals surface area contributed by atoms with E-state index in [2.05, 4.69) is 10.5 Å². The quantitative estimate of drug-likeness (QED) is 0.820. The Morgan fingerprint density at radius 3 is 2.65 bits per heavy atom. The molecule has 140 valence electrons. The number of hydrogen-bond donors (Lipinski definition) is 2. The Bertz CT molecular complexity index is 766. The van der Waals surface area contributed by atoms with E-state index in [1.54, 1.807) is 18.2 Å². The van der Waals surface area contributed by atoms with Crippen LogP contribution in [0, 0.1) is 11.8 Å². The van der Waals surface area contributed by atoms with Crippen molar-refractivity contribution in [3.05, 3.63) is 41.1 Å². The number of carbonyl (C=O) groups excluding carboxylic acids is 1. The lowest BCUT2D eigenvalue weighted by atomic mass is 9.67. The van der Waals surface area contributed by atoms with Crippen LogP contribution in [0.25, 0.3) is 11.3 Å². The maximum Gasteiger partial charge on any atom is 0.290 e. The van der Waals surface area contributed by atoms with E-state index in [9.17, 15) is 4.79 Å². The normalized spacial score (nSPS) is 27.5. The number of aromatic nitrogens is 1. The first-order chi connectivity index (χ1) is 12.1. The summed E-state index contributed by atoms with van der Waals surface area (Å²) in [7, 11) is 0. The molecule has 2 bridgehead atoms. The average Bonchev–Trinajstić information content (AvgIpc) is 3.06. The molecular formula is C19H23Cl2N3O2. The first-order valence-corrected chi connectivity index (χ1v) is 9.27. The van der Waals surface area contributed by atoms with Gasteiger partial charge in [-0.2, -0.15) is 0 Å². The number of nitrogens with zero attached hydrogens (tertiary/aromatic N) is 1. The standard InChI is InChI=1S/C19H22ClN3O2.ClH/c20-14-6-2-3-11(7-14)16-10-17(25-23-16)19(24)22-18-12-4-1-5-13(18)9-15(21)8-12;/h2-3,6-7,10,12-13,15,18H,1,4-5,8-9,21H2,(H,22,24);1H. The van der Waals surface area contributed by atoms with Crippen molar-refractivity contribution in [3.63, 3.8) is 0 Å². The molecule has 0 saturated heterocycles. The number of carbonyl (C=O) groups is 1. The van der Waals surface area contributed by atoms with Gasteiger partial charge in [-0.15, -0.1) is 12.4 Å². The second kappa shape index (κ2) is 7.99. The van der Waals surface area contributed by atoms with Crippen LogP contribution in [0.4, 0.5) is 0 Å². The second-order valence-corrected chi connectivity index (χ2v) is 7.70. The second-order valence-electron chi connectivity index (χ2n) is 7.27. The molecule has 2 aromatic rings. The van der Waals surface area contributed by atoms with Gasteiger partial charge in [0.15, 0.2) is 0 Å². The average molecular weight is 396 g/mol. The Hall–Kier alpha value is -1.56. The molecule has 7 heteroatoms. The number of fused-ring (bicyclic) bond motifs is 2. The van der Waals surface area contributed by atoms with Gasteiger partial charge >= 0.3 is 0 Å². The number of halogens is 2. The minimum atomic E-state index is -0.196. The molecule has 1 aromatic heterocycles. The molecule has 0 spiro atoms. The van der Waals surface area contributed by atoms with Crippen LogP contribution in [0.15, 0.2) is 34.9 Å². The van der Waals surface area contributed by atoms with Crippen LogP contribution < -0.4 is 11.1 Å². The van der Waals surface area contributed by atoms with E-state index in [1.165, 1.54) is 6.42 Å². The topological polar surface area (TPSA) is 81.1 Å².